The molecule has 3 N–H and O–H groups in total. The van der Waals surface area contributed by atoms with Crippen LogP contribution in [-0.4, -0.2) is 32.6 Å². The number of nitrogens with zero attached hydrogens (tertiary/aromatic N) is 1. The Balaban J connectivity index is 2.54. The number of nitro benzene ring substituents is 1. The van der Waals surface area contributed by atoms with Crippen LogP contribution in [-0.2, 0) is 15.0 Å². The van der Waals surface area contributed by atoms with E-state index >= 15 is 0 Å². The lowest BCUT2D eigenvalue weighted by Crippen LogP contribution is -2.67. The molecule has 3 atom stereocenters. The van der Waals surface area contributed by atoms with Crippen LogP contribution in [0.5, 0.6) is 0 Å². The van der Waals surface area contributed by atoms with Gasteiger partial charge in [-0.1, -0.05) is 54.6 Å². The van der Waals surface area contributed by atoms with Crippen LogP contribution in [0, 0.1) is 10.1 Å². The molecule has 0 spiro atoms. The van der Waals surface area contributed by atoms with Crippen molar-refractivity contribution in [1.82, 2.24) is 5.32 Å². The maximum atomic E-state index is 13.2. The summed E-state index contributed by atoms with van der Waals surface area (Å²) < 4.78 is 0. The fourth-order valence-corrected chi connectivity index (χ4v) is 4.95. The molecule has 1 aliphatic rings. The van der Waals surface area contributed by atoms with E-state index in [0.29, 0.717) is 11.3 Å². The van der Waals surface area contributed by atoms with Crippen LogP contribution in [0.25, 0.3) is 0 Å². The Hall–Kier alpha value is -3.94. The molecule has 0 saturated carbocycles. The number of allylic oxidation sites excluding steroid dienone is 2. The van der Waals surface area contributed by atoms with Crippen molar-refractivity contribution in [2.45, 2.75) is 37.6 Å². The number of hydrogen-bond acceptors (Lipinski definition) is 5. The van der Waals surface area contributed by atoms with Crippen molar-refractivity contribution in [2.24, 2.45) is 0 Å². The van der Waals surface area contributed by atoms with Gasteiger partial charge in [0.15, 0.2) is 0 Å². The van der Waals surface area contributed by atoms with Crippen molar-refractivity contribution in [2.75, 3.05) is 0 Å². The number of aliphatic carboxylic acids is 2. The third-order valence-electron chi connectivity index (χ3n) is 6.10. The number of hydrogen-bond donors (Lipinski definition) is 3. The van der Waals surface area contributed by atoms with Crippen molar-refractivity contribution >= 4 is 17.6 Å². The molecule has 1 aliphatic heterocycles. The molecule has 32 heavy (non-hydrogen) atoms. The summed E-state index contributed by atoms with van der Waals surface area (Å²) in [4.78, 5) is 36.5. The molecule has 2 aromatic carbocycles. The molecule has 2 aromatic rings. The highest BCUT2D eigenvalue weighted by molar-refractivity contribution is 5.96. The van der Waals surface area contributed by atoms with Gasteiger partial charge in [0, 0.05) is 23.7 Å². The molecule has 8 nitrogen and oxygen atoms in total. The molecule has 8 heteroatoms. The smallest absolute Gasteiger partial charge is 0.333 e. The minimum Gasteiger partial charge on any atom is -0.480 e. The van der Waals surface area contributed by atoms with Crippen molar-refractivity contribution in [3.63, 3.8) is 0 Å². The Morgan fingerprint density at radius 3 is 2.31 bits per heavy atom. The second-order valence-corrected chi connectivity index (χ2v) is 7.94. The summed E-state index contributed by atoms with van der Waals surface area (Å²) in [5.74, 6) is -3.77. The quantitative estimate of drug-likeness (QED) is 0.354. The van der Waals surface area contributed by atoms with Crippen molar-refractivity contribution in [1.29, 1.82) is 0 Å². The van der Waals surface area contributed by atoms with Gasteiger partial charge in [-0.3, -0.25) is 14.9 Å². The fraction of sp³-hybridized carbons (Fsp3) is 0.250. The SMILES string of the molecule is CC=CC1(C)NC(C)=C(C(=O)O)C(c2cccc([N+](=O)[O-])c2)C1(C(=O)O)c1ccccc1. The molecule has 0 bridgehead atoms. The van der Waals surface area contributed by atoms with E-state index in [4.69, 9.17) is 0 Å². The summed E-state index contributed by atoms with van der Waals surface area (Å²) in [6, 6.07) is 13.9. The second kappa shape index (κ2) is 8.30. The van der Waals surface area contributed by atoms with E-state index in [9.17, 15) is 29.9 Å². The summed E-state index contributed by atoms with van der Waals surface area (Å²) in [6.07, 6.45) is 3.40. The minimum atomic E-state index is -1.83. The number of carbonyl (C=O) groups is 2. The molecular weight excluding hydrogens is 412 g/mol. The fourth-order valence-electron chi connectivity index (χ4n) is 4.95. The molecule has 0 fully saturated rings. The predicted molar refractivity (Wildman–Crippen MR) is 118 cm³/mol. The van der Waals surface area contributed by atoms with Crippen molar-refractivity contribution in [3.8, 4) is 0 Å². The van der Waals surface area contributed by atoms with E-state index in [-0.39, 0.29) is 16.8 Å². The number of non-ortho nitro benzene ring substituents is 1. The zero-order valence-electron chi connectivity index (χ0n) is 17.9. The first-order valence-corrected chi connectivity index (χ1v) is 9.99. The number of benzene rings is 2. The van der Waals surface area contributed by atoms with E-state index in [1.807, 2.05) is 0 Å². The van der Waals surface area contributed by atoms with Crippen LogP contribution in [0.4, 0.5) is 5.69 Å². The second-order valence-electron chi connectivity index (χ2n) is 7.94. The summed E-state index contributed by atoms with van der Waals surface area (Å²) >= 11 is 0. The summed E-state index contributed by atoms with van der Waals surface area (Å²) in [5, 5.41) is 35.5. The van der Waals surface area contributed by atoms with E-state index in [0.717, 1.165) is 0 Å². The minimum absolute atomic E-state index is 0.154. The molecule has 0 radical (unpaired) electrons. The molecule has 3 unspecified atom stereocenters. The van der Waals surface area contributed by atoms with Gasteiger partial charge in [0.25, 0.3) is 5.69 Å². The number of carboxylic acids is 2. The predicted octanol–water partition coefficient (Wildman–Crippen LogP) is 4.00. The van der Waals surface area contributed by atoms with Crippen molar-refractivity contribution in [3.05, 3.63) is 99.3 Å². The first-order valence-electron chi connectivity index (χ1n) is 9.99. The van der Waals surface area contributed by atoms with Gasteiger partial charge in [0.1, 0.15) is 5.41 Å². The van der Waals surface area contributed by atoms with Gasteiger partial charge in [-0.2, -0.15) is 0 Å². The maximum absolute atomic E-state index is 13.2. The standard InChI is InChI=1S/C24H24N2O6/c1-4-13-23(3)24(22(29)30,17-10-6-5-7-11-17)20(19(21(27)28)15(2)25-23)16-9-8-12-18(14-16)26(31)32/h4-14,20,25H,1-3H3,(H,27,28)(H,29,30). The first kappa shape index (κ1) is 22.7. The van der Waals surface area contributed by atoms with Crippen LogP contribution in [0.2, 0.25) is 0 Å². The van der Waals surface area contributed by atoms with Gasteiger partial charge >= 0.3 is 11.9 Å². The average molecular weight is 436 g/mol. The Morgan fingerprint density at radius 1 is 1.12 bits per heavy atom. The van der Waals surface area contributed by atoms with Crippen LogP contribution in [0.15, 0.2) is 78.0 Å². The lowest BCUT2D eigenvalue weighted by atomic mass is 9.53. The average Bonchev–Trinajstić information content (AvgIpc) is 2.73. The number of rotatable bonds is 6. The van der Waals surface area contributed by atoms with Gasteiger partial charge in [0.05, 0.1) is 16.0 Å². The Kier molecular flexibility index (Phi) is 5.90. The Bertz CT molecular complexity index is 1140. The molecule has 166 valence electrons. The van der Waals surface area contributed by atoms with Crippen LogP contribution in [0.1, 0.15) is 37.8 Å². The number of nitrogens with one attached hydrogen (secondary N) is 1. The van der Waals surface area contributed by atoms with Crippen molar-refractivity contribution < 1.29 is 24.7 Å². The van der Waals surface area contributed by atoms with E-state index in [1.54, 1.807) is 63.3 Å². The molecular formula is C24H24N2O6. The molecule has 0 saturated heterocycles. The maximum Gasteiger partial charge on any atom is 0.333 e. The zero-order chi connectivity index (χ0) is 23.7. The molecule has 0 aromatic heterocycles. The van der Waals surface area contributed by atoms with E-state index < -0.39 is 33.7 Å². The Morgan fingerprint density at radius 2 is 1.78 bits per heavy atom. The number of nitro groups is 1. The van der Waals surface area contributed by atoms with Crippen LogP contribution < -0.4 is 5.32 Å². The van der Waals surface area contributed by atoms with Gasteiger partial charge in [-0.05, 0) is 31.9 Å². The third kappa shape index (κ3) is 3.33. The third-order valence-corrected chi connectivity index (χ3v) is 6.10. The normalized spacial score (nSPS) is 25.4. The molecule has 1 heterocycles. The van der Waals surface area contributed by atoms with E-state index in [1.165, 1.54) is 24.3 Å². The zero-order valence-corrected chi connectivity index (χ0v) is 17.9. The largest absolute Gasteiger partial charge is 0.480 e. The molecule has 0 aliphatic carbocycles. The Labute approximate surface area is 185 Å². The molecule has 0 amide bonds. The first-order chi connectivity index (χ1) is 15.1. The highest BCUT2D eigenvalue weighted by Gasteiger charge is 2.63. The van der Waals surface area contributed by atoms with E-state index in [2.05, 4.69) is 5.32 Å². The lowest BCUT2D eigenvalue weighted by Gasteiger charge is -2.53. The molecule has 3 rings (SSSR count). The van der Waals surface area contributed by atoms with Crippen LogP contribution in [0.3, 0.4) is 0 Å². The highest BCUT2D eigenvalue weighted by atomic mass is 16.6. The summed E-state index contributed by atoms with van der Waals surface area (Å²) in [7, 11) is 0. The topological polar surface area (TPSA) is 130 Å². The highest BCUT2D eigenvalue weighted by Crippen LogP contribution is 2.55. The van der Waals surface area contributed by atoms with Gasteiger partial charge in [-0.15, -0.1) is 0 Å². The lowest BCUT2D eigenvalue weighted by molar-refractivity contribution is -0.384. The number of carboxylic acid groups (broad SMARTS) is 2. The monoisotopic (exact) mass is 436 g/mol. The summed E-state index contributed by atoms with van der Waals surface area (Å²) in [6.45, 7) is 5.02. The van der Waals surface area contributed by atoms with Gasteiger partial charge < -0.3 is 15.5 Å². The van der Waals surface area contributed by atoms with Gasteiger partial charge in [-0.25, -0.2) is 4.79 Å². The van der Waals surface area contributed by atoms with Crippen LogP contribution >= 0.6 is 0 Å². The van der Waals surface area contributed by atoms with Gasteiger partial charge in [0.2, 0.25) is 0 Å². The summed E-state index contributed by atoms with van der Waals surface area (Å²) in [5.41, 5.74) is -2.58.